The molecule has 1 amide bonds. The highest BCUT2D eigenvalue weighted by atomic mass is 19.3. The normalized spacial score (nSPS) is 15.8. The molecular weight excluding hydrogens is 338 g/mol. The van der Waals surface area contributed by atoms with E-state index in [0.29, 0.717) is 5.69 Å². The summed E-state index contributed by atoms with van der Waals surface area (Å²) in [6.07, 6.45) is 3.21. The summed E-state index contributed by atoms with van der Waals surface area (Å²) < 4.78 is 26.7. The Morgan fingerprint density at radius 1 is 1.19 bits per heavy atom. The standard InChI is InChI=1S/C19H22F2N4O/c1-13(26)24-16-7-9-25(10-8-16)18-11-17(22-12-23-18)14-3-5-15(6-4-14)19(2,20)21/h3-6,11-12,16H,7-10H2,1-2H3,(H,24,26). The van der Waals surface area contributed by atoms with Gasteiger partial charge in [-0.3, -0.25) is 4.79 Å². The van der Waals surface area contributed by atoms with Crippen molar-refractivity contribution in [3.05, 3.63) is 42.2 Å². The van der Waals surface area contributed by atoms with Gasteiger partial charge in [0.05, 0.1) is 5.69 Å². The van der Waals surface area contributed by atoms with Gasteiger partial charge >= 0.3 is 0 Å². The van der Waals surface area contributed by atoms with Gasteiger partial charge in [0, 0.05) is 50.2 Å². The third-order valence-corrected chi connectivity index (χ3v) is 4.57. The third kappa shape index (κ3) is 4.33. The first-order valence-corrected chi connectivity index (χ1v) is 8.66. The van der Waals surface area contributed by atoms with Crippen molar-refractivity contribution in [1.82, 2.24) is 15.3 Å². The van der Waals surface area contributed by atoms with Crippen LogP contribution in [0.4, 0.5) is 14.6 Å². The number of anilines is 1. The van der Waals surface area contributed by atoms with Gasteiger partial charge in [-0.05, 0) is 12.8 Å². The van der Waals surface area contributed by atoms with Crippen LogP contribution in [-0.4, -0.2) is 35.0 Å². The quantitative estimate of drug-likeness (QED) is 0.908. The zero-order valence-electron chi connectivity index (χ0n) is 14.9. The van der Waals surface area contributed by atoms with Gasteiger partial charge in [0.25, 0.3) is 5.92 Å². The van der Waals surface area contributed by atoms with E-state index in [0.717, 1.165) is 44.2 Å². The van der Waals surface area contributed by atoms with Crippen LogP contribution in [-0.2, 0) is 10.7 Å². The SMILES string of the molecule is CC(=O)NC1CCN(c2cc(-c3ccc(C(C)(F)F)cc3)ncn2)CC1. The van der Waals surface area contributed by atoms with E-state index in [9.17, 15) is 13.6 Å². The molecule has 138 valence electrons. The maximum Gasteiger partial charge on any atom is 0.270 e. The number of aromatic nitrogens is 2. The predicted molar refractivity (Wildman–Crippen MR) is 96.1 cm³/mol. The van der Waals surface area contributed by atoms with Gasteiger partial charge in [0.15, 0.2) is 0 Å². The first-order chi connectivity index (χ1) is 12.3. The minimum atomic E-state index is -2.85. The first kappa shape index (κ1) is 18.2. The molecule has 0 spiro atoms. The van der Waals surface area contributed by atoms with Gasteiger partial charge in [-0.2, -0.15) is 0 Å². The largest absolute Gasteiger partial charge is 0.356 e. The summed E-state index contributed by atoms with van der Waals surface area (Å²) >= 11 is 0. The van der Waals surface area contributed by atoms with E-state index in [1.165, 1.54) is 25.4 Å². The van der Waals surface area contributed by atoms with E-state index < -0.39 is 5.92 Å². The number of hydrogen-bond acceptors (Lipinski definition) is 4. The van der Waals surface area contributed by atoms with Crippen molar-refractivity contribution in [3.8, 4) is 11.3 Å². The van der Waals surface area contributed by atoms with Gasteiger partial charge < -0.3 is 10.2 Å². The molecule has 0 atom stereocenters. The summed E-state index contributed by atoms with van der Waals surface area (Å²) in [7, 11) is 0. The van der Waals surface area contributed by atoms with Gasteiger partial charge in [-0.25, -0.2) is 18.7 Å². The monoisotopic (exact) mass is 360 g/mol. The van der Waals surface area contributed by atoms with Crippen LogP contribution in [0.1, 0.15) is 32.3 Å². The van der Waals surface area contributed by atoms with Crippen molar-refractivity contribution in [2.45, 2.75) is 38.7 Å². The Hall–Kier alpha value is -2.57. The fourth-order valence-electron chi connectivity index (χ4n) is 3.15. The zero-order valence-corrected chi connectivity index (χ0v) is 14.9. The summed E-state index contributed by atoms with van der Waals surface area (Å²) in [5.74, 6) is -2.05. The molecule has 2 heterocycles. The minimum absolute atomic E-state index is 0.00567. The number of amides is 1. The van der Waals surface area contributed by atoms with Crippen LogP contribution in [0.15, 0.2) is 36.7 Å². The van der Waals surface area contributed by atoms with Crippen LogP contribution in [0.3, 0.4) is 0 Å². The van der Waals surface area contributed by atoms with Crippen molar-refractivity contribution in [2.75, 3.05) is 18.0 Å². The Morgan fingerprint density at radius 2 is 1.85 bits per heavy atom. The summed E-state index contributed by atoms with van der Waals surface area (Å²) in [6, 6.07) is 8.24. The van der Waals surface area contributed by atoms with E-state index in [-0.39, 0.29) is 17.5 Å². The Kier molecular flexibility index (Phi) is 5.15. The minimum Gasteiger partial charge on any atom is -0.356 e. The molecule has 1 aromatic carbocycles. The molecule has 26 heavy (non-hydrogen) atoms. The predicted octanol–water partition coefficient (Wildman–Crippen LogP) is 3.36. The fraction of sp³-hybridized carbons (Fsp3) is 0.421. The smallest absolute Gasteiger partial charge is 0.270 e. The topological polar surface area (TPSA) is 58.1 Å². The second-order valence-corrected chi connectivity index (χ2v) is 6.69. The summed E-state index contributed by atoms with van der Waals surface area (Å²) in [4.78, 5) is 21.9. The molecule has 1 aliphatic heterocycles. The van der Waals surface area contributed by atoms with E-state index >= 15 is 0 Å². The Morgan fingerprint density at radius 3 is 2.42 bits per heavy atom. The van der Waals surface area contributed by atoms with Gasteiger partial charge in [-0.15, -0.1) is 0 Å². The fourth-order valence-corrected chi connectivity index (χ4v) is 3.15. The molecule has 1 aliphatic rings. The number of halogens is 2. The first-order valence-electron chi connectivity index (χ1n) is 8.66. The second-order valence-electron chi connectivity index (χ2n) is 6.69. The molecule has 0 bridgehead atoms. The lowest BCUT2D eigenvalue weighted by atomic mass is 10.0. The number of alkyl halides is 2. The number of hydrogen-bond donors (Lipinski definition) is 1. The van der Waals surface area contributed by atoms with Crippen molar-refractivity contribution < 1.29 is 13.6 Å². The molecule has 1 aromatic heterocycles. The van der Waals surface area contributed by atoms with Gasteiger partial charge in [-0.1, -0.05) is 24.3 Å². The van der Waals surface area contributed by atoms with Crippen LogP contribution in [0.5, 0.6) is 0 Å². The number of carbonyl (C=O) groups excluding carboxylic acids is 1. The number of piperidine rings is 1. The highest BCUT2D eigenvalue weighted by Crippen LogP contribution is 2.29. The maximum absolute atomic E-state index is 13.3. The van der Waals surface area contributed by atoms with Crippen LogP contribution in [0.2, 0.25) is 0 Å². The van der Waals surface area contributed by atoms with Crippen LogP contribution in [0, 0.1) is 0 Å². The molecule has 5 nitrogen and oxygen atoms in total. The maximum atomic E-state index is 13.3. The van der Waals surface area contributed by atoms with E-state index in [1.807, 2.05) is 6.07 Å². The van der Waals surface area contributed by atoms with Crippen molar-refractivity contribution >= 4 is 11.7 Å². The summed E-state index contributed by atoms with van der Waals surface area (Å²) in [5, 5.41) is 2.95. The van der Waals surface area contributed by atoms with E-state index in [1.54, 1.807) is 12.1 Å². The zero-order chi connectivity index (χ0) is 18.7. The molecule has 1 fully saturated rings. The molecule has 1 N–H and O–H groups in total. The van der Waals surface area contributed by atoms with Gasteiger partial charge in [0.1, 0.15) is 12.1 Å². The lowest BCUT2D eigenvalue weighted by Crippen LogP contribution is -2.44. The highest BCUT2D eigenvalue weighted by molar-refractivity contribution is 5.73. The molecular formula is C19H22F2N4O. The number of carbonyl (C=O) groups is 1. The molecule has 0 saturated carbocycles. The molecule has 1 saturated heterocycles. The highest BCUT2D eigenvalue weighted by Gasteiger charge is 2.24. The second kappa shape index (κ2) is 7.35. The lowest BCUT2D eigenvalue weighted by molar-refractivity contribution is -0.119. The number of benzene rings is 1. The molecule has 2 aromatic rings. The molecule has 0 unspecified atom stereocenters. The summed E-state index contributed by atoms with van der Waals surface area (Å²) in [5.41, 5.74) is 1.45. The summed E-state index contributed by atoms with van der Waals surface area (Å²) in [6.45, 7) is 4.00. The van der Waals surface area contributed by atoms with Crippen LogP contribution >= 0.6 is 0 Å². The Labute approximate surface area is 151 Å². The molecule has 7 heteroatoms. The lowest BCUT2D eigenvalue weighted by Gasteiger charge is -2.33. The number of nitrogens with one attached hydrogen (secondary N) is 1. The average Bonchev–Trinajstić information content (AvgIpc) is 2.61. The third-order valence-electron chi connectivity index (χ3n) is 4.57. The van der Waals surface area contributed by atoms with Gasteiger partial charge in [0.2, 0.25) is 5.91 Å². The molecule has 0 aliphatic carbocycles. The number of nitrogens with zero attached hydrogens (tertiary/aromatic N) is 3. The van der Waals surface area contributed by atoms with Crippen molar-refractivity contribution in [3.63, 3.8) is 0 Å². The average molecular weight is 360 g/mol. The van der Waals surface area contributed by atoms with Crippen molar-refractivity contribution in [2.24, 2.45) is 0 Å². The van der Waals surface area contributed by atoms with E-state index in [2.05, 4.69) is 20.2 Å². The Bertz CT molecular complexity index is 766. The number of rotatable bonds is 4. The van der Waals surface area contributed by atoms with Crippen LogP contribution < -0.4 is 10.2 Å². The van der Waals surface area contributed by atoms with E-state index in [4.69, 9.17) is 0 Å². The van der Waals surface area contributed by atoms with Crippen LogP contribution in [0.25, 0.3) is 11.3 Å². The van der Waals surface area contributed by atoms with Crippen molar-refractivity contribution in [1.29, 1.82) is 0 Å². The molecule has 3 rings (SSSR count). The molecule has 0 radical (unpaired) electrons. The Balaban J connectivity index is 1.72.